The molecule has 3 N–H and O–H groups in total. The van der Waals surface area contributed by atoms with E-state index in [1.165, 1.54) is 22.9 Å². The summed E-state index contributed by atoms with van der Waals surface area (Å²) in [5.41, 5.74) is 5.46. The normalized spacial score (nSPS) is 21.6. The molecule has 1 heterocycles. The van der Waals surface area contributed by atoms with Crippen LogP contribution in [0.3, 0.4) is 0 Å². The van der Waals surface area contributed by atoms with Gasteiger partial charge in [-0.3, -0.25) is 19.7 Å². The van der Waals surface area contributed by atoms with Crippen LogP contribution in [0, 0.1) is 11.8 Å². The molecule has 3 aliphatic rings. The lowest BCUT2D eigenvalue weighted by Gasteiger charge is -2.25. The first kappa shape index (κ1) is 23.3. The zero-order chi connectivity index (χ0) is 23.0. The Morgan fingerprint density at radius 3 is 2.85 bits per heavy atom. The van der Waals surface area contributed by atoms with Crippen LogP contribution in [-0.2, 0) is 14.3 Å². The van der Waals surface area contributed by atoms with Crippen molar-refractivity contribution in [1.29, 1.82) is 0 Å². The maximum absolute atomic E-state index is 11.9. The molecule has 1 amide bonds. The topological polar surface area (TPSA) is 90.9 Å². The molecule has 1 saturated carbocycles. The molecule has 1 aromatic carbocycles. The Hall–Kier alpha value is -2.90. The number of benzene rings is 1. The van der Waals surface area contributed by atoms with Crippen molar-refractivity contribution in [1.82, 2.24) is 10.4 Å². The van der Waals surface area contributed by atoms with E-state index in [1.807, 2.05) is 0 Å². The Morgan fingerprint density at radius 2 is 2.09 bits per heavy atom. The largest absolute Gasteiger partial charge is 0.464 e. The van der Waals surface area contributed by atoms with Crippen LogP contribution in [0.15, 0.2) is 60.2 Å². The van der Waals surface area contributed by atoms with Crippen LogP contribution in [0.2, 0.25) is 0 Å². The number of allylic oxidation sites excluding steroid dienone is 3. The maximum atomic E-state index is 11.9. The summed E-state index contributed by atoms with van der Waals surface area (Å²) in [7, 11) is 0. The number of hydrogen-bond acceptors (Lipinski definition) is 6. The van der Waals surface area contributed by atoms with Crippen molar-refractivity contribution >= 4 is 17.6 Å². The first-order chi connectivity index (χ1) is 16.1. The number of hydroxylamine groups is 1. The molecule has 4 rings (SSSR count). The van der Waals surface area contributed by atoms with Gasteiger partial charge in [0.15, 0.2) is 0 Å². The summed E-state index contributed by atoms with van der Waals surface area (Å²) >= 11 is 0. The van der Waals surface area contributed by atoms with Crippen molar-refractivity contribution in [3.8, 4) is 0 Å². The molecule has 1 aliphatic heterocycles. The molecule has 0 aromatic heterocycles. The fourth-order valence-electron chi connectivity index (χ4n) is 4.38. The summed E-state index contributed by atoms with van der Waals surface area (Å²) in [6.07, 6.45) is 13.3. The SMILES string of the molecule is O=C(C=CC1C=CC(CN(CCOC(=O)C2CC2)CCC2CNc3ccccc32)=CC1)NO. The molecule has 176 valence electrons. The number of nitrogens with zero attached hydrogens (tertiary/aromatic N) is 1. The van der Waals surface area contributed by atoms with Gasteiger partial charge in [-0.15, -0.1) is 0 Å². The van der Waals surface area contributed by atoms with Gasteiger partial charge in [-0.1, -0.05) is 42.5 Å². The van der Waals surface area contributed by atoms with E-state index in [-0.39, 0.29) is 17.8 Å². The summed E-state index contributed by atoms with van der Waals surface area (Å²) in [5, 5.41) is 12.1. The van der Waals surface area contributed by atoms with Gasteiger partial charge in [0.05, 0.1) is 5.92 Å². The highest BCUT2D eigenvalue weighted by atomic mass is 16.5. The zero-order valence-electron chi connectivity index (χ0n) is 18.9. The summed E-state index contributed by atoms with van der Waals surface area (Å²) in [4.78, 5) is 25.5. The van der Waals surface area contributed by atoms with Crippen molar-refractivity contribution in [2.24, 2.45) is 11.8 Å². The maximum Gasteiger partial charge on any atom is 0.308 e. The second-order valence-electron chi connectivity index (χ2n) is 9.04. The van der Waals surface area contributed by atoms with Crippen LogP contribution in [0.25, 0.3) is 0 Å². The predicted molar refractivity (Wildman–Crippen MR) is 127 cm³/mol. The Labute approximate surface area is 195 Å². The Morgan fingerprint density at radius 1 is 1.24 bits per heavy atom. The zero-order valence-corrected chi connectivity index (χ0v) is 18.9. The third kappa shape index (κ3) is 6.79. The van der Waals surface area contributed by atoms with Gasteiger partial charge in [-0.05, 0) is 55.3 Å². The summed E-state index contributed by atoms with van der Waals surface area (Å²) < 4.78 is 5.50. The molecule has 33 heavy (non-hydrogen) atoms. The third-order valence-corrected chi connectivity index (χ3v) is 6.52. The van der Waals surface area contributed by atoms with Crippen molar-refractivity contribution in [3.05, 3.63) is 65.8 Å². The molecule has 2 unspecified atom stereocenters. The lowest BCUT2D eigenvalue weighted by Crippen LogP contribution is -2.32. The van der Waals surface area contributed by atoms with Gasteiger partial charge < -0.3 is 10.1 Å². The van der Waals surface area contributed by atoms with Crippen molar-refractivity contribution < 1.29 is 19.5 Å². The van der Waals surface area contributed by atoms with Crippen LogP contribution in [-0.4, -0.2) is 54.8 Å². The molecule has 2 atom stereocenters. The first-order valence-electron chi connectivity index (χ1n) is 11.8. The minimum Gasteiger partial charge on any atom is -0.464 e. The molecule has 2 aliphatic carbocycles. The van der Waals surface area contributed by atoms with Crippen LogP contribution in [0.1, 0.15) is 37.2 Å². The van der Waals surface area contributed by atoms with Gasteiger partial charge in [-0.25, -0.2) is 5.48 Å². The average Bonchev–Trinajstić information content (AvgIpc) is 3.62. The number of ether oxygens (including phenoxy) is 1. The minimum absolute atomic E-state index is 0.0535. The lowest BCUT2D eigenvalue weighted by atomic mass is 9.95. The summed E-state index contributed by atoms with van der Waals surface area (Å²) in [6, 6.07) is 8.51. The fourth-order valence-corrected chi connectivity index (χ4v) is 4.38. The number of amides is 1. The van der Waals surface area contributed by atoms with Crippen LogP contribution in [0.5, 0.6) is 0 Å². The van der Waals surface area contributed by atoms with E-state index < -0.39 is 5.91 Å². The van der Waals surface area contributed by atoms with Crippen LogP contribution in [0.4, 0.5) is 5.69 Å². The molecular formula is C26H33N3O4. The molecular weight excluding hydrogens is 418 g/mol. The van der Waals surface area contributed by atoms with E-state index in [0.717, 1.165) is 45.3 Å². The predicted octanol–water partition coefficient (Wildman–Crippen LogP) is 3.41. The molecule has 0 bridgehead atoms. The molecule has 0 spiro atoms. The second kappa shape index (κ2) is 11.3. The molecule has 1 fully saturated rings. The lowest BCUT2D eigenvalue weighted by molar-refractivity contribution is -0.145. The Bertz CT molecular complexity index is 935. The number of para-hydroxylation sites is 1. The number of anilines is 1. The van der Waals surface area contributed by atoms with E-state index >= 15 is 0 Å². The molecule has 1 aromatic rings. The molecule has 7 nitrogen and oxygen atoms in total. The number of esters is 1. The first-order valence-corrected chi connectivity index (χ1v) is 11.8. The van der Waals surface area contributed by atoms with Gasteiger partial charge >= 0.3 is 5.97 Å². The average molecular weight is 452 g/mol. The Kier molecular flexibility index (Phi) is 7.96. The summed E-state index contributed by atoms with van der Waals surface area (Å²) in [6.45, 7) is 3.82. The van der Waals surface area contributed by atoms with Crippen molar-refractivity contribution in [2.45, 2.75) is 31.6 Å². The van der Waals surface area contributed by atoms with Crippen molar-refractivity contribution in [3.63, 3.8) is 0 Å². The van der Waals surface area contributed by atoms with E-state index in [4.69, 9.17) is 9.94 Å². The number of hydrogen-bond donors (Lipinski definition) is 3. The van der Waals surface area contributed by atoms with Gasteiger partial charge in [0.25, 0.3) is 5.91 Å². The van der Waals surface area contributed by atoms with Gasteiger partial charge in [0, 0.05) is 37.3 Å². The Balaban J connectivity index is 1.31. The molecule has 0 radical (unpaired) electrons. The minimum atomic E-state index is -0.520. The van der Waals surface area contributed by atoms with Gasteiger partial charge in [-0.2, -0.15) is 0 Å². The number of carbonyl (C=O) groups is 2. The summed E-state index contributed by atoms with van der Waals surface area (Å²) in [5.74, 6) is 0.178. The van der Waals surface area contributed by atoms with Crippen LogP contribution >= 0.6 is 0 Å². The fraction of sp³-hybridized carbons (Fsp3) is 0.462. The number of carbonyl (C=O) groups excluding carboxylic acids is 2. The van der Waals surface area contributed by atoms with E-state index in [2.05, 4.69) is 52.7 Å². The van der Waals surface area contributed by atoms with E-state index in [0.29, 0.717) is 19.1 Å². The number of nitrogens with one attached hydrogen (secondary N) is 2. The molecule has 0 saturated heterocycles. The van der Waals surface area contributed by atoms with Crippen LogP contribution < -0.4 is 10.8 Å². The number of fused-ring (bicyclic) bond motifs is 1. The van der Waals surface area contributed by atoms with Crippen molar-refractivity contribution in [2.75, 3.05) is 38.1 Å². The standard InChI is InChI=1S/C26H33N3O4/c30-25(28-32)12-9-19-5-7-20(8-6-19)18-29(15-16-33-26(31)21-10-11-21)14-13-22-17-27-24-4-2-1-3-23(22)24/h1-5,7-9,12,19,21-22,27,32H,6,10-11,13-18H2,(H,28,30). The monoisotopic (exact) mass is 451 g/mol. The van der Waals surface area contributed by atoms with Gasteiger partial charge in [0.2, 0.25) is 0 Å². The highest BCUT2D eigenvalue weighted by molar-refractivity contribution is 5.86. The smallest absolute Gasteiger partial charge is 0.308 e. The van der Waals surface area contributed by atoms with E-state index in [9.17, 15) is 9.59 Å². The van der Waals surface area contributed by atoms with Gasteiger partial charge in [0.1, 0.15) is 6.61 Å². The third-order valence-electron chi connectivity index (χ3n) is 6.52. The second-order valence-corrected chi connectivity index (χ2v) is 9.04. The molecule has 7 heteroatoms. The quantitative estimate of drug-likeness (QED) is 0.207. The van der Waals surface area contributed by atoms with E-state index in [1.54, 1.807) is 11.6 Å². The number of rotatable bonds is 11. The highest BCUT2D eigenvalue weighted by Gasteiger charge is 2.31. The highest BCUT2D eigenvalue weighted by Crippen LogP contribution is 2.33.